The van der Waals surface area contributed by atoms with Crippen LogP contribution in [0.5, 0.6) is 5.88 Å². The average Bonchev–Trinajstić information content (AvgIpc) is 3.21. The van der Waals surface area contributed by atoms with E-state index < -0.39 is 0 Å². The van der Waals surface area contributed by atoms with Gasteiger partial charge in [-0.2, -0.15) is 5.10 Å². The Labute approximate surface area is 178 Å². The summed E-state index contributed by atoms with van der Waals surface area (Å²) in [7, 11) is 1.55. The molecule has 0 aliphatic carbocycles. The minimum atomic E-state index is -0.376. The van der Waals surface area contributed by atoms with Crippen molar-refractivity contribution >= 4 is 11.4 Å². The van der Waals surface area contributed by atoms with Gasteiger partial charge in [-0.25, -0.2) is 9.50 Å². The van der Waals surface area contributed by atoms with Crippen molar-refractivity contribution in [3.8, 4) is 17.1 Å². The third-order valence-electron chi connectivity index (χ3n) is 5.33. The van der Waals surface area contributed by atoms with Gasteiger partial charge >= 0.3 is 0 Å². The van der Waals surface area contributed by atoms with Crippen LogP contribution < -0.4 is 15.6 Å². The van der Waals surface area contributed by atoms with Gasteiger partial charge in [-0.15, -0.1) is 0 Å². The molecule has 0 spiro atoms. The van der Waals surface area contributed by atoms with Gasteiger partial charge in [0.25, 0.3) is 11.5 Å². The predicted octanol–water partition coefficient (Wildman–Crippen LogP) is 3.20. The molecule has 8 heteroatoms. The highest BCUT2D eigenvalue weighted by Gasteiger charge is 2.17. The molecule has 158 valence electrons. The molecule has 0 aliphatic rings. The van der Waals surface area contributed by atoms with Gasteiger partial charge < -0.3 is 15.0 Å². The number of benzene rings is 1. The molecule has 0 saturated carbocycles. The Kier molecular flexibility index (Phi) is 5.29. The van der Waals surface area contributed by atoms with Gasteiger partial charge in [-0.05, 0) is 49.1 Å². The number of methoxy groups -OCH3 is 1. The first kappa shape index (κ1) is 20.3. The number of carbonyl (C=O) groups excluding carboxylic acids is 1. The van der Waals surface area contributed by atoms with Crippen LogP contribution in [0.3, 0.4) is 0 Å². The van der Waals surface area contributed by atoms with Crippen molar-refractivity contribution in [3.63, 3.8) is 0 Å². The number of rotatable bonds is 5. The van der Waals surface area contributed by atoms with Crippen molar-refractivity contribution < 1.29 is 9.53 Å². The maximum atomic E-state index is 12.7. The van der Waals surface area contributed by atoms with Crippen LogP contribution in [0.25, 0.3) is 16.8 Å². The number of aromatic amines is 1. The zero-order valence-electron chi connectivity index (χ0n) is 17.8. The predicted molar refractivity (Wildman–Crippen MR) is 117 cm³/mol. The lowest BCUT2D eigenvalue weighted by molar-refractivity contribution is 0.0934. The summed E-state index contributed by atoms with van der Waals surface area (Å²) in [5.41, 5.74) is 4.79. The summed E-state index contributed by atoms with van der Waals surface area (Å²) in [6, 6.07) is 10.7. The van der Waals surface area contributed by atoms with Crippen LogP contribution in [0.1, 0.15) is 40.1 Å². The van der Waals surface area contributed by atoms with E-state index in [4.69, 9.17) is 4.74 Å². The van der Waals surface area contributed by atoms with Crippen LogP contribution in [-0.4, -0.2) is 32.6 Å². The second-order valence-corrected chi connectivity index (χ2v) is 7.48. The van der Waals surface area contributed by atoms with Gasteiger partial charge in [-0.1, -0.05) is 18.2 Å². The van der Waals surface area contributed by atoms with E-state index in [1.54, 1.807) is 25.6 Å². The molecule has 4 rings (SSSR count). The number of nitrogens with one attached hydrogen (secondary N) is 2. The second kappa shape index (κ2) is 8.06. The molecule has 0 saturated heterocycles. The molecule has 4 aromatic rings. The van der Waals surface area contributed by atoms with Crippen molar-refractivity contribution in [2.75, 3.05) is 7.11 Å². The maximum absolute atomic E-state index is 12.7. The van der Waals surface area contributed by atoms with Gasteiger partial charge in [0.05, 0.1) is 25.0 Å². The fraction of sp³-hybridized carbons (Fsp3) is 0.217. The molecule has 0 aliphatic heterocycles. The van der Waals surface area contributed by atoms with Crippen molar-refractivity contribution in [1.29, 1.82) is 0 Å². The van der Waals surface area contributed by atoms with E-state index in [0.29, 0.717) is 17.1 Å². The lowest BCUT2D eigenvalue weighted by Gasteiger charge is -2.13. The largest absolute Gasteiger partial charge is 0.481 e. The van der Waals surface area contributed by atoms with E-state index in [1.807, 2.05) is 45.0 Å². The highest BCUT2D eigenvalue weighted by atomic mass is 16.5. The Morgan fingerprint density at radius 1 is 1.16 bits per heavy atom. The topological polar surface area (TPSA) is 101 Å². The number of aromatic nitrogens is 4. The molecule has 3 aromatic heterocycles. The molecular weight excluding hydrogens is 394 g/mol. The quantitative estimate of drug-likeness (QED) is 0.519. The number of H-pyrrole nitrogens is 1. The zero-order chi connectivity index (χ0) is 22.1. The molecular formula is C23H23N5O3. The lowest BCUT2D eigenvalue weighted by Crippen LogP contribution is -2.27. The number of fused-ring (bicyclic) bond motifs is 1. The van der Waals surface area contributed by atoms with Gasteiger partial charge in [0, 0.05) is 18.3 Å². The molecule has 31 heavy (non-hydrogen) atoms. The molecule has 3 heterocycles. The van der Waals surface area contributed by atoms with Crippen LogP contribution in [0.15, 0.2) is 53.6 Å². The molecule has 0 bridgehead atoms. The summed E-state index contributed by atoms with van der Waals surface area (Å²) in [6.07, 6.45) is 3.36. The van der Waals surface area contributed by atoms with Crippen LogP contribution in [0, 0.1) is 13.8 Å². The molecule has 1 atom stereocenters. The molecule has 2 N–H and O–H groups in total. The summed E-state index contributed by atoms with van der Waals surface area (Å²) in [6.45, 7) is 5.90. The second-order valence-electron chi connectivity index (χ2n) is 7.48. The minimum Gasteiger partial charge on any atom is -0.481 e. The van der Waals surface area contributed by atoms with E-state index in [2.05, 4.69) is 20.4 Å². The number of nitrogens with zero attached hydrogens (tertiary/aromatic N) is 3. The van der Waals surface area contributed by atoms with Gasteiger partial charge in [0.15, 0.2) is 5.69 Å². The Morgan fingerprint density at radius 3 is 2.65 bits per heavy atom. The van der Waals surface area contributed by atoms with E-state index in [1.165, 1.54) is 16.1 Å². The van der Waals surface area contributed by atoms with E-state index in [9.17, 15) is 9.59 Å². The standard InChI is InChI=1S/C23H23N5O3/c1-13-5-6-16(9-14(13)2)19-12-28-20(23(30)26-19)10-18(27-28)22(29)25-15(3)17-7-8-21(31-4)24-11-17/h5-12,15H,1-4H3,(H,25,29)(H,26,30). The Hall–Kier alpha value is -3.94. The minimum absolute atomic E-state index is 0.163. The molecule has 1 unspecified atom stereocenters. The third kappa shape index (κ3) is 4.05. The number of amides is 1. The van der Waals surface area contributed by atoms with Crippen molar-refractivity contribution in [2.45, 2.75) is 26.8 Å². The summed E-state index contributed by atoms with van der Waals surface area (Å²) >= 11 is 0. The van der Waals surface area contributed by atoms with E-state index in [0.717, 1.165) is 16.7 Å². The maximum Gasteiger partial charge on any atom is 0.274 e. The Balaban J connectivity index is 1.60. The highest BCUT2D eigenvalue weighted by Crippen LogP contribution is 2.20. The first-order chi connectivity index (χ1) is 14.9. The smallest absolute Gasteiger partial charge is 0.274 e. The summed E-state index contributed by atoms with van der Waals surface area (Å²) in [4.78, 5) is 32.4. The summed E-state index contributed by atoms with van der Waals surface area (Å²) in [5.74, 6) is 0.126. The average molecular weight is 417 g/mol. The van der Waals surface area contributed by atoms with Crippen molar-refractivity contribution in [3.05, 3.63) is 81.5 Å². The van der Waals surface area contributed by atoms with Gasteiger partial charge in [0.2, 0.25) is 5.88 Å². The molecule has 8 nitrogen and oxygen atoms in total. The van der Waals surface area contributed by atoms with Crippen LogP contribution >= 0.6 is 0 Å². The first-order valence-corrected chi connectivity index (χ1v) is 9.87. The molecule has 1 aromatic carbocycles. The number of pyridine rings is 1. The lowest BCUT2D eigenvalue weighted by atomic mass is 10.0. The summed E-state index contributed by atoms with van der Waals surface area (Å²) < 4.78 is 6.50. The number of aryl methyl sites for hydroxylation is 2. The van der Waals surface area contributed by atoms with Crippen molar-refractivity contribution in [1.82, 2.24) is 24.9 Å². The first-order valence-electron chi connectivity index (χ1n) is 9.87. The zero-order valence-corrected chi connectivity index (χ0v) is 17.8. The van der Waals surface area contributed by atoms with Gasteiger partial charge in [-0.3, -0.25) is 9.59 Å². The molecule has 1 amide bonds. The number of hydrogen-bond donors (Lipinski definition) is 2. The number of carbonyl (C=O) groups is 1. The third-order valence-corrected chi connectivity index (χ3v) is 5.33. The Bertz CT molecular complexity index is 1320. The highest BCUT2D eigenvalue weighted by molar-refractivity contribution is 5.93. The SMILES string of the molecule is COc1ccc(C(C)NC(=O)c2cc3c(=O)[nH]c(-c4ccc(C)c(C)c4)cn3n2)cn1. The molecule has 0 fully saturated rings. The van der Waals surface area contributed by atoms with Crippen molar-refractivity contribution in [2.24, 2.45) is 0 Å². The Morgan fingerprint density at radius 2 is 1.97 bits per heavy atom. The fourth-order valence-corrected chi connectivity index (χ4v) is 3.29. The van der Waals surface area contributed by atoms with Crippen LogP contribution in [0.4, 0.5) is 0 Å². The van der Waals surface area contributed by atoms with Crippen LogP contribution in [0.2, 0.25) is 0 Å². The van der Waals surface area contributed by atoms with Gasteiger partial charge in [0.1, 0.15) is 5.52 Å². The molecule has 0 radical (unpaired) electrons. The number of ether oxygens (including phenoxy) is 1. The van der Waals surface area contributed by atoms with Crippen LogP contribution in [-0.2, 0) is 0 Å². The number of hydrogen-bond acceptors (Lipinski definition) is 5. The monoisotopic (exact) mass is 417 g/mol. The fourth-order valence-electron chi connectivity index (χ4n) is 3.29. The summed E-state index contributed by atoms with van der Waals surface area (Å²) in [5, 5.41) is 7.21. The normalized spacial score (nSPS) is 12.0. The van der Waals surface area contributed by atoms with E-state index in [-0.39, 0.29) is 23.2 Å². The van der Waals surface area contributed by atoms with E-state index >= 15 is 0 Å².